The van der Waals surface area contributed by atoms with Gasteiger partial charge in [0.25, 0.3) is 0 Å². The van der Waals surface area contributed by atoms with Gasteiger partial charge in [-0.3, -0.25) is 4.79 Å². The number of tetrazole rings is 1. The molecule has 0 aliphatic rings. The summed E-state index contributed by atoms with van der Waals surface area (Å²) in [5, 5.41) is 13.8. The zero-order valence-electron chi connectivity index (χ0n) is 10.2. The van der Waals surface area contributed by atoms with Gasteiger partial charge in [0.1, 0.15) is 6.33 Å². The van der Waals surface area contributed by atoms with E-state index in [2.05, 4.69) is 20.8 Å². The molecular formula is C12H13N5O. The smallest absolute Gasteiger partial charge is 0.248 e. The molecule has 1 amide bonds. The van der Waals surface area contributed by atoms with Gasteiger partial charge in [-0.15, -0.1) is 5.10 Å². The van der Waals surface area contributed by atoms with Gasteiger partial charge in [0.2, 0.25) is 5.91 Å². The molecule has 0 saturated carbocycles. The number of carbonyl (C=O) groups excluding carboxylic acids is 1. The number of hydrogen-bond acceptors (Lipinski definition) is 4. The van der Waals surface area contributed by atoms with Crippen molar-refractivity contribution in [2.24, 2.45) is 0 Å². The highest BCUT2D eigenvalue weighted by Gasteiger charge is 2.05. The van der Waals surface area contributed by atoms with Gasteiger partial charge in [-0.2, -0.15) is 0 Å². The van der Waals surface area contributed by atoms with Crippen molar-refractivity contribution in [2.75, 3.05) is 5.32 Å². The summed E-state index contributed by atoms with van der Waals surface area (Å²) in [6, 6.07) is 5.62. The van der Waals surface area contributed by atoms with E-state index in [4.69, 9.17) is 0 Å². The van der Waals surface area contributed by atoms with Crippen molar-refractivity contribution in [2.45, 2.75) is 13.8 Å². The number of allylic oxidation sites excluding steroid dienone is 1. The Morgan fingerprint density at radius 1 is 1.44 bits per heavy atom. The number of nitrogens with zero attached hydrogens (tertiary/aromatic N) is 4. The van der Waals surface area contributed by atoms with Crippen molar-refractivity contribution >= 4 is 11.6 Å². The molecule has 6 heteroatoms. The van der Waals surface area contributed by atoms with Crippen LogP contribution in [0.2, 0.25) is 0 Å². The van der Waals surface area contributed by atoms with Crippen LogP contribution in [0.1, 0.15) is 12.5 Å². The molecular weight excluding hydrogens is 230 g/mol. The quantitative estimate of drug-likeness (QED) is 0.829. The number of hydrogen-bond donors (Lipinski definition) is 1. The van der Waals surface area contributed by atoms with Gasteiger partial charge in [0.05, 0.1) is 5.69 Å². The molecule has 0 bridgehead atoms. The highest BCUT2D eigenvalue weighted by molar-refractivity contribution is 5.99. The molecule has 0 saturated heterocycles. The number of carbonyl (C=O) groups is 1. The Balaban J connectivity index is 2.30. The minimum absolute atomic E-state index is 0.158. The number of amides is 1. The maximum Gasteiger partial charge on any atom is 0.248 e. The van der Waals surface area contributed by atoms with Crippen LogP contribution in [0.4, 0.5) is 5.69 Å². The van der Waals surface area contributed by atoms with Crippen molar-refractivity contribution in [1.82, 2.24) is 20.2 Å². The average molecular weight is 243 g/mol. The summed E-state index contributed by atoms with van der Waals surface area (Å²) >= 11 is 0. The van der Waals surface area contributed by atoms with E-state index in [1.54, 1.807) is 13.0 Å². The number of anilines is 1. The lowest BCUT2D eigenvalue weighted by molar-refractivity contribution is -0.111. The van der Waals surface area contributed by atoms with Gasteiger partial charge < -0.3 is 5.32 Å². The molecule has 1 heterocycles. The van der Waals surface area contributed by atoms with Crippen LogP contribution in [0.15, 0.2) is 36.7 Å². The van der Waals surface area contributed by atoms with Gasteiger partial charge in [-0.1, -0.05) is 12.1 Å². The maximum absolute atomic E-state index is 11.5. The van der Waals surface area contributed by atoms with E-state index in [-0.39, 0.29) is 5.91 Å². The van der Waals surface area contributed by atoms with E-state index in [0.717, 1.165) is 16.9 Å². The largest absolute Gasteiger partial charge is 0.322 e. The van der Waals surface area contributed by atoms with Crippen LogP contribution in [0.5, 0.6) is 0 Å². The summed E-state index contributed by atoms with van der Waals surface area (Å²) in [4.78, 5) is 11.5. The van der Waals surface area contributed by atoms with Gasteiger partial charge in [0, 0.05) is 5.69 Å². The lowest BCUT2D eigenvalue weighted by Crippen LogP contribution is -2.09. The van der Waals surface area contributed by atoms with E-state index < -0.39 is 0 Å². The summed E-state index contributed by atoms with van der Waals surface area (Å²) in [7, 11) is 0. The fourth-order valence-corrected chi connectivity index (χ4v) is 1.49. The van der Waals surface area contributed by atoms with Crippen LogP contribution in [0.3, 0.4) is 0 Å². The molecule has 18 heavy (non-hydrogen) atoms. The van der Waals surface area contributed by atoms with Crippen molar-refractivity contribution in [3.63, 3.8) is 0 Å². The molecule has 6 nitrogen and oxygen atoms in total. The first kappa shape index (κ1) is 12.0. The third kappa shape index (κ3) is 2.60. The number of aromatic nitrogens is 4. The number of nitrogens with one attached hydrogen (secondary N) is 1. The maximum atomic E-state index is 11.5. The van der Waals surface area contributed by atoms with E-state index in [9.17, 15) is 4.79 Å². The molecule has 1 aromatic heterocycles. The highest BCUT2D eigenvalue weighted by Crippen LogP contribution is 2.18. The van der Waals surface area contributed by atoms with Crippen LogP contribution in [0.25, 0.3) is 5.69 Å². The first-order chi connectivity index (χ1) is 8.70. The first-order valence-corrected chi connectivity index (χ1v) is 5.48. The molecule has 1 aromatic carbocycles. The van der Waals surface area contributed by atoms with Crippen molar-refractivity contribution in [3.8, 4) is 5.69 Å². The Hall–Kier alpha value is -2.50. The van der Waals surface area contributed by atoms with Gasteiger partial charge in [0.15, 0.2) is 0 Å². The number of benzene rings is 1. The van der Waals surface area contributed by atoms with Gasteiger partial charge in [-0.25, -0.2) is 4.68 Å². The molecule has 2 rings (SSSR count). The van der Waals surface area contributed by atoms with Gasteiger partial charge in [-0.05, 0) is 48.0 Å². The summed E-state index contributed by atoms with van der Waals surface area (Å²) in [6.45, 7) is 3.72. The minimum atomic E-state index is -0.158. The van der Waals surface area contributed by atoms with Crippen LogP contribution in [0, 0.1) is 6.92 Å². The first-order valence-electron chi connectivity index (χ1n) is 5.48. The standard InChI is InChI=1S/C12H13N5O/c1-3-4-12(18)14-11-7-10(6-5-9(11)2)17-8-13-15-16-17/h3-8H,1-2H3,(H,14,18). The summed E-state index contributed by atoms with van der Waals surface area (Å²) in [6.07, 6.45) is 4.67. The Bertz CT molecular complexity index is 574. The van der Waals surface area contributed by atoms with Crippen molar-refractivity contribution < 1.29 is 4.79 Å². The average Bonchev–Trinajstić information content (AvgIpc) is 2.86. The molecule has 0 radical (unpaired) electrons. The Morgan fingerprint density at radius 2 is 2.28 bits per heavy atom. The third-order valence-electron chi connectivity index (χ3n) is 2.41. The second-order valence-corrected chi connectivity index (χ2v) is 3.74. The molecule has 0 atom stereocenters. The molecule has 1 N–H and O–H groups in total. The monoisotopic (exact) mass is 243 g/mol. The Labute approximate surface area is 104 Å². The Morgan fingerprint density at radius 3 is 2.94 bits per heavy atom. The molecule has 0 aliphatic heterocycles. The van der Waals surface area contributed by atoms with E-state index in [0.29, 0.717) is 0 Å². The SMILES string of the molecule is CC=CC(=O)Nc1cc(-n2cnnn2)ccc1C. The fraction of sp³-hybridized carbons (Fsp3) is 0.167. The summed E-state index contributed by atoms with van der Waals surface area (Å²) in [5.74, 6) is -0.158. The van der Waals surface area contributed by atoms with Gasteiger partial charge >= 0.3 is 0 Å². The molecule has 0 unspecified atom stereocenters. The minimum Gasteiger partial charge on any atom is -0.322 e. The normalized spacial score (nSPS) is 10.8. The third-order valence-corrected chi connectivity index (χ3v) is 2.41. The Kier molecular flexibility index (Phi) is 3.47. The highest BCUT2D eigenvalue weighted by atomic mass is 16.1. The topological polar surface area (TPSA) is 72.7 Å². The predicted molar refractivity (Wildman–Crippen MR) is 67.3 cm³/mol. The second-order valence-electron chi connectivity index (χ2n) is 3.74. The van der Waals surface area contributed by atoms with Crippen LogP contribution >= 0.6 is 0 Å². The van der Waals surface area contributed by atoms with Crippen LogP contribution in [-0.4, -0.2) is 26.1 Å². The summed E-state index contributed by atoms with van der Waals surface area (Å²) < 4.78 is 1.53. The molecule has 92 valence electrons. The lowest BCUT2D eigenvalue weighted by atomic mass is 10.2. The van der Waals surface area contributed by atoms with E-state index in [1.165, 1.54) is 17.1 Å². The second kappa shape index (κ2) is 5.22. The van der Waals surface area contributed by atoms with E-state index >= 15 is 0 Å². The van der Waals surface area contributed by atoms with Crippen molar-refractivity contribution in [1.29, 1.82) is 0 Å². The lowest BCUT2D eigenvalue weighted by Gasteiger charge is -2.08. The molecule has 0 aliphatic carbocycles. The number of aryl methyl sites for hydroxylation is 1. The molecule has 2 aromatic rings. The van der Waals surface area contributed by atoms with E-state index in [1.807, 2.05) is 25.1 Å². The molecule has 0 fully saturated rings. The fourth-order valence-electron chi connectivity index (χ4n) is 1.49. The van der Waals surface area contributed by atoms with Crippen LogP contribution < -0.4 is 5.32 Å². The van der Waals surface area contributed by atoms with Crippen molar-refractivity contribution in [3.05, 3.63) is 42.2 Å². The predicted octanol–water partition coefficient (Wildman–Crippen LogP) is 1.49. The zero-order chi connectivity index (χ0) is 13.0. The summed E-state index contributed by atoms with van der Waals surface area (Å²) in [5.41, 5.74) is 2.51. The number of rotatable bonds is 3. The zero-order valence-corrected chi connectivity index (χ0v) is 10.2. The molecule has 0 spiro atoms. The van der Waals surface area contributed by atoms with Crippen LogP contribution in [-0.2, 0) is 4.79 Å².